The fourth-order valence-corrected chi connectivity index (χ4v) is 4.60. The van der Waals surface area contributed by atoms with Gasteiger partial charge in [0, 0.05) is 31.7 Å². The monoisotopic (exact) mass is 606 g/mol. The summed E-state index contributed by atoms with van der Waals surface area (Å²) < 4.78 is 34.5. The van der Waals surface area contributed by atoms with Crippen LogP contribution in [0.5, 0.6) is 17.2 Å². The van der Waals surface area contributed by atoms with Gasteiger partial charge in [-0.05, 0) is 24.6 Å². The Morgan fingerprint density at radius 2 is 1.75 bits per heavy atom. The number of carbonyl (C=O) groups is 3. The summed E-state index contributed by atoms with van der Waals surface area (Å²) in [5, 5.41) is 2.70. The molecule has 1 saturated heterocycles. The lowest BCUT2D eigenvalue weighted by Gasteiger charge is -2.31. The van der Waals surface area contributed by atoms with Crippen molar-refractivity contribution >= 4 is 17.8 Å². The quantitative estimate of drug-likeness (QED) is 0.251. The van der Waals surface area contributed by atoms with Gasteiger partial charge in [0.25, 0.3) is 5.91 Å². The molecule has 4 rings (SSSR count). The molecule has 0 unspecified atom stereocenters. The minimum atomic E-state index is -1.06. The average Bonchev–Trinajstić information content (AvgIpc) is 3.07. The maximum absolute atomic E-state index is 13.4. The first-order valence-electron chi connectivity index (χ1n) is 14.5. The van der Waals surface area contributed by atoms with E-state index in [-0.39, 0.29) is 36.1 Å². The first-order chi connectivity index (χ1) is 21.3. The maximum Gasteiger partial charge on any atom is 0.329 e. The van der Waals surface area contributed by atoms with Crippen molar-refractivity contribution in [1.82, 2.24) is 10.3 Å². The molecule has 3 aromatic rings. The third-order valence-corrected chi connectivity index (χ3v) is 6.93. The van der Waals surface area contributed by atoms with Crippen LogP contribution in [0, 0.1) is 5.92 Å². The Morgan fingerprint density at radius 1 is 1.05 bits per heavy atom. The number of pyridine rings is 1. The van der Waals surface area contributed by atoms with Gasteiger partial charge in [0.1, 0.15) is 24.0 Å². The summed E-state index contributed by atoms with van der Waals surface area (Å²) in [7, 11) is 1.40. The number of benzene rings is 2. The second-order valence-corrected chi connectivity index (χ2v) is 10.5. The summed E-state index contributed by atoms with van der Waals surface area (Å²) in [4.78, 5) is 42.8. The van der Waals surface area contributed by atoms with Gasteiger partial charge < -0.3 is 33.7 Å². The van der Waals surface area contributed by atoms with Gasteiger partial charge in [-0.3, -0.25) is 9.59 Å². The normalized spacial score (nSPS) is 20.3. The number of para-hydroxylation sites is 1. The van der Waals surface area contributed by atoms with Crippen molar-refractivity contribution in [2.75, 3.05) is 20.5 Å². The van der Waals surface area contributed by atoms with Gasteiger partial charge in [-0.2, -0.15) is 0 Å². The molecule has 1 aliphatic heterocycles. The standard InChI is InChI=1S/C33H38N2O9/c1-21(2)32(37)42-20-41-30-26(39-4)15-17-34-28(30)31(36)35-25-16-18-40-27(19-23-11-7-5-8-12-23)29(22(3)43-33(25)38)44-24-13-9-6-10-14-24/h5-15,17,21-22,25,27,29H,16,18-20H2,1-4H3,(H,35,36)/t22-,25-,27+,29-/m0/s1. The van der Waals surface area contributed by atoms with E-state index in [0.29, 0.717) is 12.2 Å². The largest absolute Gasteiger partial charge is 0.493 e. The van der Waals surface area contributed by atoms with Gasteiger partial charge in [0.2, 0.25) is 6.79 Å². The molecular formula is C33H38N2O9. The second-order valence-electron chi connectivity index (χ2n) is 10.5. The summed E-state index contributed by atoms with van der Waals surface area (Å²) in [6.07, 6.45) is 0.207. The van der Waals surface area contributed by atoms with Crippen LogP contribution in [0.1, 0.15) is 43.2 Å². The highest BCUT2D eigenvalue weighted by Crippen LogP contribution is 2.30. The summed E-state index contributed by atoms with van der Waals surface area (Å²) in [5.74, 6) is -1.41. The number of amides is 1. The van der Waals surface area contributed by atoms with E-state index < -0.39 is 49.0 Å². The SMILES string of the molecule is COc1ccnc(C(=O)N[C@H]2CCO[C@H](Cc3ccccc3)[C@@H](Oc3ccccc3)[C@H](C)OC2=O)c1OCOC(=O)C(C)C. The number of esters is 2. The number of methoxy groups -OCH3 is 1. The molecule has 2 aromatic carbocycles. The predicted molar refractivity (Wildman–Crippen MR) is 159 cm³/mol. The smallest absolute Gasteiger partial charge is 0.329 e. The molecule has 11 heteroatoms. The van der Waals surface area contributed by atoms with Crippen molar-refractivity contribution < 1.29 is 42.8 Å². The minimum Gasteiger partial charge on any atom is -0.493 e. The molecule has 0 aliphatic carbocycles. The number of ether oxygens (including phenoxy) is 6. The fourth-order valence-electron chi connectivity index (χ4n) is 4.60. The van der Waals surface area contributed by atoms with Gasteiger partial charge >= 0.3 is 11.9 Å². The average molecular weight is 607 g/mol. The Bertz CT molecular complexity index is 1380. The molecule has 0 bridgehead atoms. The maximum atomic E-state index is 13.4. The molecule has 0 saturated carbocycles. The molecule has 1 aromatic heterocycles. The Labute approximate surface area is 256 Å². The third kappa shape index (κ3) is 8.70. The van der Waals surface area contributed by atoms with E-state index in [4.69, 9.17) is 28.4 Å². The van der Waals surface area contributed by atoms with Crippen molar-refractivity contribution in [2.24, 2.45) is 5.92 Å². The predicted octanol–water partition coefficient (Wildman–Crippen LogP) is 4.14. The van der Waals surface area contributed by atoms with E-state index in [0.717, 1.165) is 5.56 Å². The van der Waals surface area contributed by atoms with Crippen LogP contribution in [0.25, 0.3) is 0 Å². The van der Waals surface area contributed by atoms with Crippen molar-refractivity contribution in [3.05, 3.63) is 84.2 Å². The molecule has 0 radical (unpaired) electrons. The number of cyclic esters (lactones) is 1. The van der Waals surface area contributed by atoms with E-state index in [2.05, 4.69) is 10.3 Å². The molecule has 44 heavy (non-hydrogen) atoms. The van der Waals surface area contributed by atoms with Gasteiger partial charge in [-0.15, -0.1) is 0 Å². The molecule has 2 heterocycles. The molecule has 1 aliphatic rings. The first kappa shape index (κ1) is 32.3. The molecule has 1 N–H and O–H groups in total. The van der Waals surface area contributed by atoms with Crippen LogP contribution < -0.4 is 19.5 Å². The zero-order chi connectivity index (χ0) is 31.5. The number of nitrogens with zero attached hydrogens (tertiary/aromatic N) is 1. The van der Waals surface area contributed by atoms with E-state index in [9.17, 15) is 14.4 Å². The second kappa shape index (κ2) is 15.7. The highest BCUT2D eigenvalue weighted by Gasteiger charge is 2.37. The van der Waals surface area contributed by atoms with E-state index in [1.165, 1.54) is 19.4 Å². The summed E-state index contributed by atoms with van der Waals surface area (Å²) in [6, 6.07) is 19.5. The molecule has 1 amide bonds. The number of nitrogens with one attached hydrogen (secondary N) is 1. The number of rotatable bonds is 11. The summed E-state index contributed by atoms with van der Waals surface area (Å²) in [5.41, 5.74) is 0.885. The number of hydrogen-bond acceptors (Lipinski definition) is 10. The summed E-state index contributed by atoms with van der Waals surface area (Å²) in [6.45, 7) is 4.80. The van der Waals surface area contributed by atoms with Crippen molar-refractivity contribution in [2.45, 2.75) is 58.0 Å². The van der Waals surface area contributed by atoms with Crippen LogP contribution >= 0.6 is 0 Å². The topological polar surface area (TPSA) is 132 Å². The van der Waals surface area contributed by atoms with Gasteiger partial charge in [0.05, 0.1) is 13.0 Å². The zero-order valence-corrected chi connectivity index (χ0v) is 25.3. The Morgan fingerprint density at radius 3 is 2.43 bits per heavy atom. The highest BCUT2D eigenvalue weighted by atomic mass is 16.7. The van der Waals surface area contributed by atoms with Crippen molar-refractivity contribution in [3.63, 3.8) is 0 Å². The number of carbonyl (C=O) groups excluding carboxylic acids is 3. The minimum absolute atomic E-state index is 0.0376. The Hall–Kier alpha value is -4.64. The lowest BCUT2D eigenvalue weighted by molar-refractivity contribution is -0.157. The van der Waals surface area contributed by atoms with Gasteiger partial charge in [-0.25, -0.2) is 9.78 Å². The lowest BCUT2D eigenvalue weighted by atomic mass is 10.0. The van der Waals surface area contributed by atoms with E-state index >= 15 is 0 Å². The van der Waals surface area contributed by atoms with Crippen LogP contribution in [0.3, 0.4) is 0 Å². The molecule has 4 atom stereocenters. The van der Waals surface area contributed by atoms with Crippen molar-refractivity contribution in [1.29, 1.82) is 0 Å². The Balaban J connectivity index is 1.52. The van der Waals surface area contributed by atoms with Crippen LogP contribution in [0.2, 0.25) is 0 Å². The molecular weight excluding hydrogens is 568 g/mol. The molecule has 1 fully saturated rings. The molecule has 11 nitrogen and oxygen atoms in total. The lowest BCUT2D eigenvalue weighted by Crippen LogP contribution is -2.47. The first-order valence-corrected chi connectivity index (χ1v) is 14.5. The molecule has 234 valence electrons. The van der Waals surface area contributed by atoms with Crippen LogP contribution in [0.15, 0.2) is 72.9 Å². The van der Waals surface area contributed by atoms with Crippen LogP contribution in [0.4, 0.5) is 0 Å². The highest BCUT2D eigenvalue weighted by molar-refractivity contribution is 5.98. The van der Waals surface area contributed by atoms with Crippen molar-refractivity contribution in [3.8, 4) is 17.2 Å². The summed E-state index contributed by atoms with van der Waals surface area (Å²) >= 11 is 0. The van der Waals surface area contributed by atoms with Gasteiger partial charge in [-0.1, -0.05) is 62.4 Å². The van der Waals surface area contributed by atoms with Crippen LogP contribution in [-0.4, -0.2) is 67.7 Å². The van der Waals surface area contributed by atoms with E-state index in [1.54, 1.807) is 20.8 Å². The van der Waals surface area contributed by atoms with Crippen LogP contribution in [-0.2, 0) is 30.2 Å². The third-order valence-electron chi connectivity index (χ3n) is 6.93. The Kier molecular flexibility index (Phi) is 11.5. The zero-order valence-electron chi connectivity index (χ0n) is 25.3. The fraction of sp³-hybridized carbons (Fsp3) is 0.394. The number of hydrogen-bond donors (Lipinski definition) is 1. The van der Waals surface area contributed by atoms with E-state index in [1.807, 2.05) is 60.7 Å². The van der Waals surface area contributed by atoms with Gasteiger partial charge in [0.15, 0.2) is 23.3 Å². The molecule has 0 spiro atoms. The number of aromatic nitrogens is 1.